The van der Waals surface area contributed by atoms with Gasteiger partial charge < -0.3 is 0 Å². The molecule has 0 aromatic heterocycles. The van der Waals surface area contributed by atoms with Gasteiger partial charge in [0.2, 0.25) is 0 Å². The molecule has 0 rings (SSSR count). The lowest BCUT2D eigenvalue weighted by Gasteiger charge is -1.79. The van der Waals surface area contributed by atoms with Gasteiger partial charge in [-0.05, 0) is 0 Å². The predicted molar refractivity (Wildman–Crippen MR) is 61.0 cm³/mol. The Hall–Kier alpha value is -0.680. The fourth-order valence-electron chi connectivity index (χ4n) is 0. The van der Waals surface area contributed by atoms with Crippen LogP contribution in [0.3, 0.4) is 0 Å². The quantitative estimate of drug-likeness (QED) is 0.119. The van der Waals surface area contributed by atoms with E-state index in [1.165, 1.54) is 0 Å². The lowest BCUT2D eigenvalue weighted by Crippen LogP contribution is -1.97. The van der Waals surface area contributed by atoms with Crippen molar-refractivity contribution in [1.82, 2.24) is 0 Å². The Morgan fingerprint density at radius 1 is 0.375 bits per heavy atom. The van der Waals surface area contributed by atoms with Gasteiger partial charge in [0.05, 0.1) is 0 Å². The van der Waals surface area contributed by atoms with E-state index in [2.05, 4.69) is 17.3 Å². The molecule has 24 heteroatoms. The highest BCUT2D eigenvalue weighted by molar-refractivity contribution is 7.81. The van der Waals surface area contributed by atoms with Gasteiger partial charge in [0.15, 0.2) is 0 Å². The zero-order valence-corrected chi connectivity index (χ0v) is 13.4. The summed E-state index contributed by atoms with van der Waals surface area (Å²) in [7, 11) is -18.4. The van der Waals surface area contributed by atoms with E-state index < -0.39 is 41.6 Å². The van der Waals surface area contributed by atoms with Crippen molar-refractivity contribution >= 4 is 41.6 Å². The average Bonchev–Trinajstić information content (AvgIpc) is 2.37. The van der Waals surface area contributed by atoms with Crippen molar-refractivity contribution in [2.45, 2.75) is 0 Å². The molecule has 0 aromatic carbocycles. The summed E-state index contributed by atoms with van der Waals surface area (Å²) in [6.45, 7) is 0. The van der Waals surface area contributed by atoms with Gasteiger partial charge in [0, 0.05) is 0 Å². The molecular weight excluding hydrogens is 448 g/mol. The maximum atomic E-state index is 9.08. The molecule has 0 saturated carbocycles. The summed E-state index contributed by atoms with van der Waals surface area (Å²) in [6.07, 6.45) is 0. The molecule has 0 aliphatic heterocycles. The van der Waals surface area contributed by atoms with Crippen molar-refractivity contribution in [3.63, 3.8) is 0 Å². The molecule has 0 atom stereocenters. The minimum Gasteiger partial charge on any atom is -0.262 e. The van der Waals surface area contributed by atoms with Crippen molar-refractivity contribution < 1.29 is 90.2 Å². The third-order valence-corrected chi connectivity index (χ3v) is 1.13. The van der Waals surface area contributed by atoms with E-state index in [1.54, 1.807) is 0 Å². The zero-order valence-electron chi connectivity index (χ0n) is 10.1. The van der Waals surface area contributed by atoms with E-state index in [0.717, 1.165) is 0 Å². The molecule has 20 nitrogen and oxygen atoms in total. The Balaban J connectivity index is -0.000000111. The van der Waals surface area contributed by atoms with E-state index in [9.17, 15) is 0 Å². The third kappa shape index (κ3) is 68.7. The largest absolute Gasteiger partial charge is 0.423 e. The van der Waals surface area contributed by atoms with Crippen LogP contribution in [0, 0.1) is 0 Å². The van der Waals surface area contributed by atoms with Crippen molar-refractivity contribution in [3.8, 4) is 0 Å². The van der Waals surface area contributed by atoms with Crippen LogP contribution in [0.5, 0.6) is 0 Å². The van der Waals surface area contributed by atoms with Crippen LogP contribution in [0.2, 0.25) is 0 Å². The van der Waals surface area contributed by atoms with Crippen LogP contribution < -0.4 is 0 Å². The summed E-state index contributed by atoms with van der Waals surface area (Å²) in [5.74, 6) is 0. The highest BCUT2D eigenvalue weighted by Crippen LogP contribution is 1.75. The molecule has 0 fully saturated rings. The summed E-state index contributed by atoms with van der Waals surface area (Å²) in [5.41, 5.74) is 0. The Morgan fingerprint density at radius 2 is 0.417 bits per heavy atom. The summed E-state index contributed by atoms with van der Waals surface area (Å²) < 4.78 is 112. The fraction of sp³-hybridized carbons (Fsp3) is 0. The monoisotopic (exact) mass is 456 g/mol. The second kappa shape index (κ2) is 13.6. The zero-order chi connectivity index (χ0) is 20.8. The first-order valence-corrected chi connectivity index (χ1v) is 8.92. The summed E-state index contributed by atoms with van der Waals surface area (Å²) in [5, 5.41) is 28.3. The fourth-order valence-corrected chi connectivity index (χ4v) is 0. The van der Waals surface area contributed by atoms with Gasteiger partial charge >= 0.3 is 41.6 Å². The van der Waals surface area contributed by atoms with Gasteiger partial charge in [-0.25, -0.2) is 21.0 Å². The molecule has 0 heterocycles. The van der Waals surface area contributed by atoms with E-state index >= 15 is 0 Å². The van der Waals surface area contributed by atoms with Gasteiger partial charge in [-0.3, -0.25) is 18.2 Å². The van der Waals surface area contributed by atoms with Gasteiger partial charge in [0.1, 0.15) is 0 Å². The van der Waals surface area contributed by atoms with E-state index in [0.29, 0.717) is 0 Å². The molecule has 0 aliphatic rings. The second-order valence-corrected chi connectivity index (χ2v) is 6.03. The number of hydrogen-bond acceptors (Lipinski definition) is 16. The number of rotatable bonds is 4. The molecule has 0 saturated heterocycles. The topological polar surface area (TPSA) is 335 Å². The maximum absolute atomic E-state index is 9.08. The van der Waals surface area contributed by atoms with Gasteiger partial charge in [0.25, 0.3) is 0 Å². The molecule has 152 valence electrons. The Kier molecular flexibility index (Phi) is 17.6. The summed E-state index contributed by atoms with van der Waals surface area (Å²) >= 11 is 0. The molecule has 0 bridgehead atoms. The van der Waals surface area contributed by atoms with Crippen LogP contribution >= 0.6 is 0 Å². The molecule has 0 amide bonds. The normalized spacial score (nSPS) is 11.7. The molecule has 0 aromatic rings. The Morgan fingerprint density at radius 3 is 0.417 bits per heavy atom. The SMILES string of the molecule is O=S(=O)(O)OO.O=S(=O)(O)OO.O=S(=O)(O)OO.O=S(=O)(O)OO. The molecule has 24 heavy (non-hydrogen) atoms. The van der Waals surface area contributed by atoms with Crippen molar-refractivity contribution in [2.24, 2.45) is 0 Å². The smallest absolute Gasteiger partial charge is 0.262 e. The van der Waals surface area contributed by atoms with Crippen LogP contribution in [0.15, 0.2) is 0 Å². The van der Waals surface area contributed by atoms with Crippen molar-refractivity contribution in [2.75, 3.05) is 0 Å². The lowest BCUT2D eigenvalue weighted by molar-refractivity contribution is -0.139. The van der Waals surface area contributed by atoms with Crippen molar-refractivity contribution in [1.29, 1.82) is 0 Å². The van der Waals surface area contributed by atoms with Gasteiger partial charge in [-0.2, -0.15) is 33.7 Å². The standard InChI is InChI=1S/4H2O5S/c4*1-5-6(2,3)4/h4*1H,(H,2,3,4). The average molecular weight is 456 g/mol. The molecule has 0 unspecified atom stereocenters. The number of hydrogen-bond donors (Lipinski definition) is 8. The minimum atomic E-state index is -4.61. The van der Waals surface area contributed by atoms with Gasteiger partial charge in [-0.15, -0.1) is 0 Å². The molecular formula is H8O20S4. The molecule has 0 radical (unpaired) electrons. The highest BCUT2D eigenvalue weighted by Gasteiger charge is 1.98. The third-order valence-electron chi connectivity index (χ3n) is 0.377. The molecule has 0 spiro atoms. The van der Waals surface area contributed by atoms with Gasteiger partial charge in [-0.1, -0.05) is 17.3 Å². The second-order valence-electron chi connectivity index (χ2n) is 2.01. The Labute approximate surface area is 132 Å². The summed E-state index contributed by atoms with van der Waals surface area (Å²) in [4.78, 5) is 0. The van der Waals surface area contributed by atoms with E-state index in [4.69, 9.17) is 72.9 Å². The summed E-state index contributed by atoms with van der Waals surface area (Å²) in [6, 6.07) is 0. The first kappa shape index (κ1) is 31.1. The van der Waals surface area contributed by atoms with Crippen LogP contribution in [0.25, 0.3) is 0 Å². The first-order valence-electron chi connectivity index (χ1n) is 3.46. The maximum Gasteiger partial charge on any atom is 0.423 e. The Bertz CT molecular complexity index is 552. The van der Waals surface area contributed by atoms with Crippen molar-refractivity contribution in [3.05, 3.63) is 0 Å². The minimum absolute atomic E-state index is 2.47. The van der Waals surface area contributed by atoms with E-state index in [1.807, 2.05) is 0 Å². The van der Waals surface area contributed by atoms with Crippen LogP contribution in [-0.2, 0) is 58.9 Å². The highest BCUT2D eigenvalue weighted by atomic mass is 32.3. The van der Waals surface area contributed by atoms with Crippen LogP contribution in [0.1, 0.15) is 0 Å². The van der Waals surface area contributed by atoms with E-state index in [-0.39, 0.29) is 0 Å². The molecule has 0 aliphatic carbocycles. The lowest BCUT2D eigenvalue weighted by atomic mass is 15.0. The van der Waals surface area contributed by atoms with Crippen LogP contribution in [-0.4, -0.2) is 72.9 Å². The molecule has 8 N–H and O–H groups in total. The predicted octanol–water partition coefficient (Wildman–Crippen LogP) is -2.88. The van der Waals surface area contributed by atoms with Crippen LogP contribution in [0.4, 0.5) is 0 Å². The first-order chi connectivity index (χ1) is 10.2.